The SMILES string of the molecule is C[C@H](C(=O)N(C)C)S(=O)(=O)N1CCN(C)c2ccncc21. The number of fused-ring (bicyclic) bond motifs is 1. The third-order valence-electron chi connectivity index (χ3n) is 3.64. The molecule has 0 spiro atoms. The van der Waals surface area contributed by atoms with Gasteiger partial charge in [0, 0.05) is 33.9 Å². The highest BCUT2D eigenvalue weighted by atomic mass is 32.2. The van der Waals surface area contributed by atoms with Crippen molar-refractivity contribution in [2.75, 3.05) is 43.4 Å². The molecule has 0 unspecified atom stereocenters. The minimum Gasteiger partial charge on any atom is -0.371 e. The molecular weight excluding hydrogens is 292 g/mol. The van der Waals surface area contributed by atoms with E-state index in [1.165, 1.54) is 22.3 Å². The quantitative estimate of drug-likeness (QED) is 0.794. The van der Waals surface area contributed by atoms with Crippen LogP contribution in [-0.4, -0.2) is 63.7 Å². The Morgan fingerprint density at radius 1 is 1.33 bits per heavy atom. The summed E-state index contributed by atoms with van der Waals surface area (Å²) < 4.78 is 26.8. The van der Waals surface area contributed by atoms with E-state index in [0.29, 0.717) is 18.8 Å². The third kappa shape index (κ3) is 2.67. The number of sulfonamides is 1. The maximum Gasteiger partial charge on any atom is 0.247 e. The molecule has 0 aromatic carbocycles. The van der Waals surface area contributed by atoms with Crippen LogP contribution in [0.1, 0.15) is 6.92 Å². The summed E-state index contributed by atoms with van der Waals surface area (Å²) in [5, 5.41) is -1.12. The van der Waals surface area contributed by atoms with Crippen molar-refractivity contribution >= 4 is 27.3 Å². The van der Waals surface area contributed by atoms with Gasteiger partial charge in [0.2, 0.25) is 15.9 Å². The number of hydrogen-bond donors (Lipinski definition) is 0. The molecule has 0 bridgehead atoms. The van der Waals surface area contributed by atoms with Gasteiger partial charge in [0.25, 0.3) is 0 Å². The summed E-state index contributed by atoms with van der Waals surface area (Å²) in [6.07, 6.45) is 3.15. The number of anilines is 2. The molecule has 1 aromatic rings. The molecule has 1 aromatic heterocycles. The van der Waals surface area contributed by atoms with E-state index in [1.807, 2.05) is 11.9 Å². The molecule has 0 saturated heterocycles. The fraction of sp³-hybridized carbons (Fsp3) is 0.538. The molecule has 21 heavy (non-hydrogen) atoms. The molecule has 116 valence electrons. The van der Waals surface area contributed by atoms with Crippen LogP contribution in [0.3, 0.4) is 0 Å². The first-order valence-electron chi connectivity index (χ1n) is 6.64. The van der Waals surface area contributed by atoms with Gasteiger partial charge in [0.05, 0.1) is 24.1 Å². The van der Waals surface area contributed by atoms with Crippen molar-refractivity contribution in [3.05, 3.63) is 18.5 Å². The predicted molar refractivity (Wildman–Crippen MR) is 81.9 cm³/mol. The maximum atomic E-state index is 12.7. The van der Waals surface area contributed by atoms with Crippen LogP contribution in [0.15, 0.2) is 18.5 Å². The van der Waals surface area contributed by atoms with Crippen molar-refractivity contribution in [3.63, 3.8) is 0 Å². The van der Waals surface area contributed by atoms with E-state index in [2.05, 4.69) is 4.98 Å². The zero-order valence-corrected chi connectivity index (χ0v) is 13.5. The topological polar surface area (TPSA) is 73.8 Å². The van der Waals surface area contributed by atoms with Gasteiger partial charge in [-0.25, -0.2) is 8.42 Å². The molecule has 0 fully saturated rings. The first-order valence-corrected chi connectivity index (χ1v) is 8.15. The van der Waals surface area contributed by atoms with Crippen LogP contribution in [0.25, 0.3) is 0 Å². The van der Waals surface area contributed by atoms with E-state index in [9.17, 15) is 13.2 Å². The van der Waals surface area contributed by atoms with Crippen LogP contribution in [0.5, 0.6) is 0 Å². The molecule has 1 amide bonds. The number of nitrogens with zero attached hydrogens (tertiary/aromatic N) is 4. The average molecular weight is 312 g/mol. The van der Waals surface area contributed by atoms with Gasteiger partial charge in [0.15, 0.2) is 5.25 Å². The first kappa shape index (κ1) is 15.6. The van der Waals surface area contributed by atoms with Crippen LogP contribution in [0.2, 0.25) is 0 Å². The summed E-state index contributed by atoms with van der Waals surface area (Å²) in [6.45, 7) is 2.30. The minimum absolute atomic E-state index is 0.308. The van der Waals surface area contributed by atoms with Crippen molar-refractivity contribution in [1.29, 1.82) is 0 Å². The fourth-order valence-electron chi connectivity index (χ4n) is 2.32. The van der Waals surface area contributed by atoms with Crippen molar-refractivity contribution in [2.24, 2.45) is 0 Å². The van der Waals surface area contributed by atoms with Gasteiger partial charge < -0.3 is 9.80 Å². The van der Waals surface area contributed by atoms with Crippen LogP contribution >= 0.6 is 0 Å². The van der Waals surface area contributed by atoms with E-state index in [-0.39, 0.29) is 0 Å². The molecule has 0 radical (unpaired) electrons. The molecule has 1 atom stereocenters. The highest BCUT2D eigenvalue weighted by molar-refractivity contribution is 7.94. The second-order valence-electron chi connectivity index (χ2n) is 5.28. The summed E-state index contributed by atoms with van der Waals surface area (Å²) >= 11 is 0. The lowest BCUT2D eigenvalue weighted by Crippen LogP contribution is -2.49. The Labute approximate surface area is 125 Å². The van der Waals surface area contributed by atoms with E-state index in [1.54, 1.807) is 26.4 Å². The lowest BCUT2D eigenvalue weighted by molar-refractivity contribution is -0.127. The van der Waals surface area contributed by atoms with Crippen molar-refractivity contribution in [1.82, 2.24) is 9.88 Å². The Morgan fingerprint density at radius 3 is 2.62 bits per heavy atom. The number of amides is 1. The van der Waals surface area contributed by atoms with Crippen LogP contribution in [0, 0.1) is 0 Å². The van der Waals surface area contributed by atoms with Gasteiger partial charge in [0.1, 0.15) is 0 Å². The summed E-state index contributed by atoms with van der Waals surface area (Å²) in [7, 11) is 1.23. The first-order chi connectivity index (χ1) is 9.76. The summed E-state index contributed by atoms with van der Waals surface area (Å²) in [6, 6.07) is 1.77. The number of carbonyl (C=O) groups is 1. The van der Waals surface area contributed by atoms with Crippen molar-refractivity contribution in [3.8, 4) is 0 Å². The molecule has 2 heterocycles. The maximum absolute atomic E-state index is 12.7. The van der Waals surface area contributed by atoms with Crippen LogP contribution in [0.4, 0.5) is 11.4 Å². The van der Waals surface area contributed by atoms with E-state index in [0.717, 1.165) is 5.69 Å². The highest BCUT2D eigenvalue weighted by Crippen LogP contribution is 2.33. The Bertz CT molecular complexity index is 645. The Morgan fingerprint density at radius 2 is 2.00 bits per heavy atom. The lowest BCUT2D eigenvalue weighted by atomic mass is 10.2. The number of likely N-dealkylation sites (N-methyl/N-ethyl adjacent to an activating group) is 1. The second-order valence-corrected chi connectivity index (χ2v) is 7.46. The molecule has 2 rings (SSSR count). The number of aromatic nitrogens is 1. The van der Waals surface area contributed by atoms with Crippen molar-refractivity contribution < 1.29 is 13.2 Å². The zero-order chi connectivity index (χ0) is 15.8. The molecule has 1 aliphatic rings. The molecule has 8 heteroatoms. The monoisotopic (exact) mass is 312 g/mol. The standard InChI is InChI=1S/C13H20N4O3S/c1-10(13(18)15(2)3)21(19,20)17-8-7-16(4)11-5-6-14-9-12(11)17/h5-6,9-10H,7-8H2,1-4H3/t10-/m1/s1. The Hall–Kier alpha value is -1.83. The fourth-order valence-corrected chi connectivity index (χ4v) is 3.92. The molecule has 0 N–H and O–H groups in total. The normalized spacial score (nSPS) is 16.4. The van der Waals surface area contributed by atoms with Crippen LogP contribution < -0.4 is 9.21 Å². The summed E-state index contributed by atoms with van der Waals surface area (Å²) in [5.41, 5.74) is 1.31. The highest BCUT2D eigenvalue weighted by Gasteiger charge is 2.37. The van der Waals surface area contributed by atoms with Gasteiger partial charge in [-0.15, -0.1) is 0 Å². The second kappa shape index (κ2) is 5.51. The minimum atomic E-state index is -3.77. The number of hydrogen-bond acceptors (Lipinski definition) is 5. The average Bonchev–Trinajstić information content (AvgIpc) is 2.45. The third-order valence-corrected chi connectivity index (χ3v) is 5.73. The van der Waals surface area contributed by atoms with E-state index < -0.39 is 21.2 Å². The van der Waals surface area contributed by atoms with E-state index >= 15 is 0 Å². The molecule has 7 nitrogen and oxygen atoms in total. The Balaban J connectivity index is 2.43. The van der Waals surface area contributed by atoms with Gasteiger partial charge in [-0.1, -0.05) is 0 Å². The van der Waals surface area contributed by atoms with Gasteiger partial charge >= 0.3 is 0 Å². The molecular formula is C13H20N4O3S. The zero-order valence-electron chi connectivity index (χ0n) is 12.6. The summed E-state index contributed by atoms with van der Waals surface area (Å²) in [4.78, 5) is 19.3. The molecule has 0 aliphatic carbocycles. The molecule has 1 aliphatic heterocycles. The number of carbonyl (C=O) groups excluding carboxylic acids is 1. The van der Waals surface area contributed by atoms with Gasteiger partial charge in [-0.05, 0) is 13.0 Å². The van der Waals surface area contributed by atoms with Gasteiger partial charge in [-0.2, -0.15) is 0 Å². The molecule has 0 saturated carbocycles. The van der Waals surface area contributed by atoms with Gasteiger partial charge in [-0.3, -0.25) is 14.1 Å². The number of rotatable bonds is 3. The number of pyridine rings is 1. The van der Waals surface area contributed by atoms with Crippen molar-refractivity contribution in [2.45, 2.75) is 12.2 Å². The largest absolute Gasteiger partial charge is 0.371 e. The van der Waals surface area contributed by atoms with E-state index in [4.69, 9.17) is 0 Å². The lowest BCUT2D eigenvalue weighted by Gasteiger charge is -2.37. The smallest absolute Gasteiger partial charge is 0.247 e. The Kier molecular flexibility index (Phi) is 4.08. The summed E-state index contributed by atoms with van der Waals surface area (Å²) in [5.74, 6) is -0.431. The predicted octanol–water partition coefficient (Wildman–Crippen LogP) is 0.144. The van der Waals surface area contributed by atoms with Crippen LogP contribution in [-0.2, 0) is 14.8 Å².